The van der Waals surface area contributed by atoms with Crippen LogP contribution >= 0.6 is 0 Å². The summed E-state index contributed by atoms with van der Waals surface area (Å²) >= 11 is 0. The highest BCUT2D eigenvalue weighted by Gasteiger charge is 2.22. The Kier molecular flexibility index (Phi) is 5.77. The minimum atomic E-state index is -0.102. The minimum absolute atomic E-state index is 0.0592. The lowest BCUT2D eigenvalue weighted by Gasteiger charge is -2.33. The molecule has 25 heavy (non-hydrogen) atoms. The average Bonchev–Trinajstić information content (AvgIpc) is 2.63. The summed E-state index contributed by atoms with van der Waals surface area (Å²) in [6.45, 7) is 3.74. The number of hydrogen-bond acceptors (Lipinski definition) is 5. The molecule has 1 aliphatic heterocycles. The topological polar surface area (TPSA) is 83.0 Å². The fourth-order valence-corrected chi connectivity index (χ4v) is 3.09. The van der Waals surface area contributed by atoms with Gasteiger partial charge >= 0.3 is 6.03 Å². The zero-order valence-electron chi connectivity index (χ0n) is 14.4. The fraction of sp³-hybridized carbons (Fsp3) is 0.444. The molecule has 0 spiro atoms. The van der Waals surface area contributed by atoms with E-state index in [0.29, 0.717) is 0 Å². The third-order valence-corrected chi connectivity index (χ3v) is 4.35. The molecule has 3 heterocycles. The third kappa shape index (κ3) is 5.14. The lowest BCUT2D eigenvalue weighted by molar-refractivity contribution is 0.231. The molecular formula is C18H24N6O. The van der Waals surface area contributed by atoms with Crippen LogP contribution in [0.4, 0.5) is 10.6 Å². The number of carbonyl (C=O) groups is 1. The maximum absolute atomic E-state index is 12.2. The van der Waals surface area contributed by atoms with Crippen LogP contribution < -0.4 is 15.5 Å². The molecule has 7 nitrogen and oxygen atoms in total. The predicted molar refractivity (Wildman–Crippen MR) is 96.3 cm³/mol. The second kappa shape index (κ2) is 8.41. The van der Waals surface area contributed by atoms with Gasteiger partial charge in [0.25, 0.3) is 0 Å². The van der Waals surface area contributed by atoms with E-state index in [1.807, 2.05) is 37.4 Å². The van der Waals surface area contributed by atoms with Crippen molar-refractivity contribution in [1.82, 2.24) is 25.8 Å². The first-order chi connectivity index (χ1) is 12.2. The van der Waals surface area contributed by atoms with Crippen LogP contribution in [0.5, 0.6) is 0 Å². The van der Waals surface area contributed by atoms with Gasteiger partial charge in [-0.05, 0) is 49.9 Å². The second-order valence-corrected chi connectivity index (χ2v) is 6.43. The van der Waals surface area contributed by atoms with Gasteiger partial charge in [0.2, 0.25) is 0 Å². The Morgan fingerprint density at radius 3 is 2.76 bits per heavy atom. The molecular weight excluding hydrogens is 316 g/mol. The molecule has 1 saturated heterocycles. The van der Waals surface area contributed by atoms with Crippen molar-refractivity contribution in [2.24, 2.45) is 0 Å². The maximum atomic E-state index is 12.2. The van der Waals surface area contributed by atoms with E-state index in [1.54, 1.807) is 12.4 Å². The summed E-state index contributed by atoms with van der Waals surface area (Å²) in [6.07, 6.45) is 7.84. The van der Waals surface area contributed by atoms with Crippen molar-refractivity contribution in [3.8, 4) is 0 Å². The molecule has 0 bridgehead atoms. The number of nitrogens with zero attached hydrogens (tertiary/aromatic N) is 4. The molecule has 1 fully saturated rings. The van der Waals surface area contributed by atoms with E-state index in [1.165, 1.54) is 0 Å². The van der Waals surface area contributed by atoms with Crippen LogP contribution in [0.15, 0.2) is 42.9 Å². The lowest BCUT2D eigenvalue weighted by Crippen LogP contribution is -2.50. The SMILES string of the molecule is CC(Cc1cccnc1)NC(=O)NC1CCN(c2cccnn2)CC1. The first-order valence-electron chi connectivity index (χ1n) is 8.69. The van der Waals surface area contributed by atoms with E-state index in [2.05, 4.69) is 30.7 Å². The molecule has 1 unspecified atom stereocenters. The van der Waals surface area contributed by atoms with E-state index in [-0.39, 0.29) is 18.1 Å². The number of nitrogens with one attached hydrogen (secondary N) is 2. The molecule has 3 rings (SSSR count). The van der Waals surface area contributed by atoms with Gasteiger partial charge in [-0.1, -0.05) is 6.07 Å². The molecule has 0 aliphatic carbocycles. The van der Waals surface area contributed by atoms with Crippen molar-refractivity contribution in [2.75, 3.05) is 18.0 Å². The summed E-state index contributed by atoms with van der Waals surface area (Å²) in [5.74, 6) is 0.899. The molecule has 7 heteroatoms. The zero-order valence-corrected chi connectivity index (χ0v) is 14.4. The van der Waals surface area contributed by atoms with Gasteiger partial charge in [-0.25, -0.2) is 4.79 Å². The maximum Gasteiger partial charge on any atom is 0.315 e. The quantitative estimate of drug-likeness (QED) is 0.867. The predicted octanol–water partition coefficient (Wildman–Crippen LogP) is 1.77. The van der Waals surface area contributed by atoms with Gasteiger partial charge in [0.1, 0.15) is 0 Å². The van der Waals surface area contributed by atoms with Gasteiger partial charge < -0.3 is 15.5 Å². The molecule has 2 aromatic rings. The van der Waals surface area contributed by atoms with Crippen molar-refractivity contribution >= 4 is 11.8 Å². The molecule has 1 aliphatic rings. The first-order valence-corrected chi connectivity index (χ1v) is 8.69. The second-order valence-electron chi connectivity index (χ2n) is 6.43. The van der Waals surface area contributed by atoms with Crippen molar-refractivity contribution in [1.29, 1.82) is 0 Å². The van der Waals surface area contributed by atoms with Crippen molar-refractivity contribution < 1.29 is 4.79 Å². The van der Waals surface area contributed by atoms with Crippen LogP contribution in [-0.4, -0.2) is 46.4 Å². The molecule has 0 radical (unpaired) electrons. The largest absolute Gasteiger partial charge is 0.355 e. The standard InChI is InChI=1S/C18H24N6O/c1-14(12-15-4-2-8-19-13-15)21-18(25)22-16-6-10-24(11-7-16)17-5-3-9-20-23-17/h2-5,8-9,13-14,16H,6-7,10-12H2,1H3,(H2,21,22,25). The summed E-state index contributed by atoms with van der Waals surface area (Å²) in [5, 5.41) is 14.1. The average molecular weight is 340 g/mol. The normalized spacial score (nSPS) is 16.3. The molecule has 2 N–H and O–H groups in total. The number of hydrogen-bond donors (Lipinski definition) is 2. The smallest absolute Gasteiger partial charge is 0.315 e. The van der Waals surface area contributed by atoms with E-state index < -0.39 is 0 Å². The number of anilines is 1. The Balaban J connectivity index is 1.40. The van der Waals surface area contributed by atoms with Gasteiger partial charge in [0.15, 0.2) is 5.82 Å². The van der Waals surface area contributed by atoms with Crippen LogP contribution in [0.25, 0.3) is 0 Å². The summed E-state index contributed by atoms with van der Waals surface area (Å²) in [5.41, 5.74) is 1.12. The number of piperidine rings is 1. The highest BCUT2D eigenvalue weighted by Crippen LogP contribution is 2.16. The van der Waals surface area contributed by atoms with E-state index in [9.17, 15) is 4.79 Å². The van der Waals surface area contributed by atoms with Crippen molar-refractivity contribution in [3.05, 3.63) is 48.4 Å². The minimum Gasteiger partial charge on any atom is -0.355 e. The van der Waals surface area contributed by atoms with Gasteiger partial charge in [-0.15, -0.1) is 5.10 Å². The van der Waals surface area contributed by atoms with Crippen LogP contribution in [-0.2, 0) is 6.42 Å². The molecule has 132 valence electrons. The highest BCUT2D eigenvalue weighted by molar-refractivity contribution is 5.74. The van der Waals surface area contributed by atoms with E-state index >= 15 is 0 Å². The Hall–Kier alpha value is -2.70. The molecule has 1 atom stereocenters. The molecule has 0 aromatic carbocycles. The summed E-state index contributed by atoms with van der Waals surface area (Å²) in [7, 11) is 0. The Labute approximate surface area is 147 Å². The molecule has 2 amide bonds. The summed E-state index contributed by atoms with van der Waals surface area (Å²) < 4.78 is 0. The first kappa shape index (κ1) is 17.1. The van der Waals surface area contributed by atoms with Gasteiger partial charge in [-0.2, -0.15) is 5.10 Å². The van der Waals surface area contributed by atoms with Gasteiger partial charge in [0.05, 0.1) is 0 Å². The van der Waals surface area contributed by atoms with Gasteiger partial charge in [0, 0.05) is 43.8 Å². The summed E-state index contributed by atoms with van der Waals surface area (Å²) in [6, 6.07) is 7.94. The molecule has 2 aromatic heterocycles. The van der Waals surface area contributed by atoms with Crippen LogP contribution in [0.3, 0.4) is 0 Å². The number of urea groups is 1. The Bertz CT molecular complexity index is 658. The Morgan fingerprint density at radius 1 is 1.28 bits per heavy atom. The Morgan fingerprint density at radius 2 is 2.08 bits per heavy atom. The van der Waals surface area contributed by atoms with Crippen molar-refractivity contribution in [3.63, 3.8) is 0 Å². The van der Waals surface area contributed by atoms with Crippen LogP contribution in [0.2, 0.25) is 0 Å². The van der Waals surface area contributed by atoms with E-state index in [0.717, 1.165) is 43.7 Å². The summed E-state index contributed by atoms with van der Waals surface area (Å²) in [4.78, 5) is 18.5. The van der Waals surface area contributed by atoms with Crippen LogP contribution in [0.1, 0.15) is 25.3 Å². The number of amides is 2. The number of rotatable bonds is 5. The number of pyridine rings is 1. The molecule has 0 saturated carbocycles. The van der Waals surface area contributed by atoms with E-state index in [4.69, 9.17) is 0 Å². The zero-order chi connectivity index (χ0) is 17.5. The van der Waals surface area contributed by atoms with Crippen LogP contribution in [0, 0.1) is 0 Å². The van der Waals surface area contributed by atoms with Crippen molar-refractivity contribution in [2.45, 2.75) is 38.3 Å². The number of carbonyl (C=O) groups excluding carboxylic acids is 1. The third-order valence-electron chi connectivity index (χ3n) is 4.35. The lowest BCUT2D eigenvalue weighted by atomic mass is 10.1. The van der Waals surface area contributed by atoms with Gasteiger partial charge in [-0.3, -0.25) is 4.98 Å². The highest BCUT2D eigenvalue weighted by atomic mass is 16.2. The number of aromatic nitrogens is 3. The fourth-order valence-electron chi connectivity index (χ4n) is 3.09. The monoisotopic (exact) mass is 340 g/mol.